The molecule has 3 rings (SSSR count). The van der Waals surface area contributed by atoms with Crippen molar-refractivity contribution in [3.8, 4) is 0 Å². The number of carbonyl (C=O) groups excluding carboxylic acids is 2. The van der Waals surface area contributed by atoms with E-state index >= 15 is 0 Å². The normalized spacial score (nSPS) is 35.1. The van der Waals surface area contributed by atoms with Gasteiger partial charge in [-0.1, -0.05) is 57.6 Å². The van der Waals surface area contributed by atoms with E-state index in [1.54, 1.807) is 6.92 Å². The van der Waals surface area contributed by atoms with Gasteiger partial charge in [-0.15, -0.1) is 0 Å². The standard InChI is InChI=1S/C32H54N2O7Si/c1-20(10-13-26-21(2)16-25(23(4)39-26)34-29(37)15-12-22(3)35)11-14-27-30(41-42(8,9)31(5,6)7)32(19-38-32)18-24(40-27)17-28(33)36/h10-12,14-15,21-27,30,35H,13,16-19H2,1-9H3,(H2,33,36)(H,34,37)/b14-11+,15-12-,20-10+/t21-,22-,23+,24+,25+,26-,27+,30?,32+/m0/s1. The molecule has 4 N–H and O–H groups in total. The van der Waals surface area contributed by atoms with Gasteiger partial charge in [-0.2, -0.15) is 0 Å². The summed E-state index contributed by atoms with van der Waals surface area (Å²) in [7, 11) is -2.13. The van der Waals surface area contributed by atoms with E-state index in [2.05, 4.69) is 65.2 Å². The molecule has 3 heterocycles. The number of nitrogens with two attached hydrogens (primary N) is 1. The first kappa shape index (κ1) is 34.7. The molecule has 0 aromatic heterocycles. The molecular formula is C32H54N2O7Si. The third-order valence-corrected chi connectivity index (χ3v) is 13.7. The SMILES string of the molecule is CC(/C=C/[C@H]1O[C@H](CC(N)=O)C[C@@]2(CO2)C1O[Si](C)(C)C(C)(C)C)=C\C[C@@H]1O[C@H](C)[C@H](NC(=O)/C=C\[C@H](C)O)C[C@@H]1C. The summed E-state index contributed by atoms with van der Waals surface area (Å²) in [5.74, 6) is -0.349. The summed E-state index contributed by atoms with van der Waals surface area (Å²) in [6.45, 7) is 19.5. The Morgan fingerprint density at radius 2 is 1.88 bits per heavy atom. The maximum atomic E-state index is 12.2. The van der Waals surface area contributed by atoms with E-state index in [1.165, 1.54) is 12.2 Å². The smallest absolute Gasteiger partial charge is 0.244 e. The van der Waals surface area contributed by atoms with Crippen molar-refractivity contribution in [2.24, 2.45) is 11.7 Å². The van der Waals surface area contributed by atoms with Crippen LogP contribution in [0.5, 0.6) is 0 Å². The van der Waals surface area contributed by atoms with Crippen LogP contribution in [0.2, 0.25) is 18.1 Å². The van der Waals surface area contributed by atoms with Crippen LogP contribution in [0, 0.1) is 5.92 Å². The number of aliphatic hydroxyl groups is 1. The first-order valence-corrected chi connectivity index (χ1v) is 18.3. The van der Waals surface area contributed by atoms with E-state index in [9.17, 15) is 14.7 Å². The van der Waals surface area contributed by atoms with Crippen LogP contribution in [0.15, 0.2) is 36.0 Å². The van der Waals surface area contributed by atoms with Gasteiger partial charge in [-0.25, -0.2) is 0 Å². The fourth-order valence-corrected chi connectivity index (χ4v) is 6.80. The molecule has 3 saturated heterocycles. The predicted molar refractivity (Wildman–Crippen MR) is 166 cm³/mol. The molecule has 10 heteroatoms. The van der Waals surface area contributed by atoms with Gasteiger partial charge in [-0.05, 0) is 57.7 Å². The largest absolute Gasteiger partial charge is 0.408 e. The van der Waals surface area contributed by atoms with E-state index in [-0.39, 0.29) is 65.8 Å². The van der Waals surface area contributed by atoms with Gasteiger partial charge in [0.1, 0.15) is 17.8 Å². The van der Waals surface area contributed by atoms with Gasteiger partial charge >= 0.3 is 0 Å². The van der Waals surface area contributed by atoms with E-state index in [4.69, 9.17) is 24.4 Å². The topological polar surface area (TPSA) is 133 Å². The molecule has 3 aliphatic heterocycles. The summed E-state index contributed by atoms with van der Waals surface area (Å²) in [6.07, 6.45) is 9.75. The third kappa shape index (κ3) is 9.34. The lowest BCUT2D eigenvalue weighted by atomic mass is 9.87. The maximum Gasteiger partial charge on any atom is 0.244 e. The van der Waals surface area contributed by atoms with Gasteiger partial charge in [0.15, 0.2) is 8.32 Å². The lowest BCUT2D eigenvalue weighted by Gasteiger charge is -2.46. The second-order valence-electron chi connectivity index (χ2n) is 14.1. The van der Waals surface area contributed by atoms with Crippen molar-refractivity contribution in [2.75, 3.05) is 6.61 Å². The van der Waals surface area contributed by atoms with E-state index in [0.717, 1.165) is 18.4 Å². The first-order chi connectivity index (χ1) is 19.4. The van der Waals surface area contributed by atoms with Crippen molar-refractivity contribution in [1.29, 1.82) is 0 Å². The highest BCUT2D eigenvalue weighted by molar-refractivity contribution is 6.74. The third-order valence-electron chi connectivity index (χ3n) is 9.20. The first-order valence-electron chi connectivity index (χ1n) is 15.3. The zero-order chi connectivity index (χ0) is 31.5. The Kier molecular flexibility index (Phi) is 11.4. The maximum absolute atomic E-state index is 12.2. The molecule has 9 nitrogen and oxygen atoms in total. The summed E-state index contributed by atoms with van der Waals surface area (Å²) in [6, 6.07) is -0.0843. The molecule has 0 aromatic rings. The Bertz CT molecular complexity index is 1040. The monoisotopic (exact) mass is 606 g/mol. The van der Waals surface area contributed by atoms with E-state index in [0.29, 0.717) is 13.0 Å². The highest BCUT2D eigenvalue weighted by atomic mass is 28.4. The van der Waals surface area contributed by atoms with Crippen LogP contribution in [-0.2, 0) is 28.2 Å². The van der Waals surface area contributed by atoms with Gasteiger partial charge < -0.3 is 34.8 Å². The number of allylic oxidation sites excluding steroid dienone is 2. The highest BCUT2D eigenvalue weighted by Crippen LogP contribution is 2.48. The number of primary amides is 1. The molecule has 2 amide bonds. The number of ether oxygens (including phenoxy) is 3. The van der Waals surface area contributed by atoms with Gasteiger partial charge in [0, 0.05) is 12.5 Å². The minimum Gasteiger partial charge on any atom is -0.408 e. The number of epoxide rings is 1. The number of nitrogens with one attached hydrogen (secondary N) is 1. The second kappa shape index (κ2) is 13.9. The van der Waals surface area contributed by atoms with Crippen LogP contribution in [0.3, 0.4) is 0 Å². The molecule has 9 atom stereocenters. The summed E-state index contributed by atoms with van der Waals surface area (Å²) < 4.78 is 25.7. The number of aliphatic hydroxyl groups excluding tert-OH is 1. The molecule has 0 saturated carbocycles. The number of hydrogen-bond donors (Lipinski definition) is 3. The zero-order valence-corrected chi connectivity index (χ0v) is 28.0. The Balaban J connectivity index is 1.67. The molecule has 238 valence electrons. The van der Waals surface area contributed by atoms with Crippen LogP contribution >= 0.6 is 0 Å². The van der Waals surface area contributed by atoms with Gasteiger partial charge in [0.05, 0.1) is 43.5 Å². The molecule has 0 aromatic carbocycles. The average Bonchev–Trinajstić information content (AvgIpc) is 3.63. The highest BCUT2D eigenvalue weighted by Gasteiger charge is 2.61. The molecule has 42 heavy (non-hydrogen) atoms. The van der Waals surface area contributed by atoms with E-state index < -0.39 is 20.0 Å². The van der Waals surface area contributed by atoms with Crippen molar-refractivity contribution >= 4 is 20.1 Å². The van der Waals surface area contributed by atoms with Crippen molar-refractivity contribution in [1.82, 2.24) is 5.32 Å². The van der Waals surface area contributed by atoms with Crippen molar-refractivity contribution in [3.05, 3.63) is 36.0 Å². The van der Waals surface area contributed by atoms with Crippen LogP contribution in [-0.4, -0.2) is 80.1 Å². The van der Waals surface area contributed by atoms with Crippen molar-refractivity contribution in [2.45, 2.75) is 141 Å². The fourth-order valence-electron chi connectivity index (χ4n) is 5.46. The molecule has 0 bridgehead atoms. The Hall–Kier alpha value is -1.82. The molecule has 0 radical (unpaired) electrons. The molecular weight excluding hydrogens is 552 g/mol. The molecule has 1 unspecified atom stereocenters. The lowest BCUT2D eigenvalue weighted by Crippen LogP contribution is -2.57. The van der Waals surface area contributed by atoms with Crippen molar-refractivity contribution < 1.29 is 33.3 Å². The molecule has 3 aliphatic rings. The summed E-state index contributed by atoms with van der Waals surface area (Å²) in [5, 5.41) is 12.4. The van der Waals surface area contributed by atoms with Crippen LogP contribution in [0.25, 0.3) is 0 Å². The number of rotatable bonds is 11. The minimum absolute atomic E-state index is 0.0293. The van der Waals surface area contributed by atoms with Crippen LogP contribution in [0.4, 0.5) is 0 Å². The molecule has 0 aliphatic carbocycles. The molecule has 1 spiro atoms. The van der Waals surface area contributed by atoms with Crippen molar-refractivity contribution in [3.63, 3.8) is 0 Å². The van der Waals surface area contributed by atoms with Gasteiger partial charge in [0.25, 0.3) is 0 Å². The Morgan fingerprint density at radius 1 is 1.21 bits per heavy atom. The Morgan fingerprint density at radius 3 is 2.45 bits per heavy atom. The van der Waals surface area contributed by atoms with Crippen LogP contribution < -0.4 is 11.1 Å². The van der Waals surface area contributed by atoms with Gasteiger partial charge in [0.2, 0.25) is 11.8 Å². The number of hydrogen-bond acceptors (Lipinski definition) is 7. The summed E-state index contributed by atoms with van der Waals surface area (Å²) >= 11 is 0. The van der Waals surface area contributed by atoms with E-state index in [1.807, 2.05) is 13.0 Å². The minimum atomic E-state index is -2.13. The summed E-state index contributed by atoms with van der Waals surface area (Å²) in [5.41, 5.74) is 6.16. The molecule has 3 fully saturated rings. The Labute approximate surface area is 253 Å². The lowest BCUT2D eigenvalue weighted by molar-refractivity contribution is -0.140. The fraction of sp³-hybridized carbons (Fsp3) is 0.750. The zero-order valence-electron chi connectivity index (χ0n) is 27.0. The second-order valence-corrected chi connectivity index (χ2v) is 18.9. The summed E-state index contributed by atoms with van der Waals surface area (Å²) in [4.78, 5) is 23.9. The van der Waals surface area contributed by atoms with Gasteiger partial charge in [-0.3, -0.25) is 9.59 Å². The predicted octanol–water partition coefficient (Wildman–Crippen LogP) is 4.31. The average molecular weight is 607 g/mol. The van der Waals surface area contributed by atoms with Crippen LogP contribution in [0.1, 0.15) is 74.1 Å². The quantitative estimate of drug-likeness (QED) is 0.138. The number of amides is 2. The number of carbonyl (C=O) groups is 2.